The number of hydrogen-bond acceptors (Lipinski definition) is 3. The van der Waals surface area contributed by atoms with Crippen LogP contribution in [-0.2, 0) is 6.54 Å². The van der Waals surface area contributed by atoms with Crippen LogP contribution in [0.2, 0.25) is 0 Å². The van der Waals surface area contributed by atoms with Gasteiger partial charge in [0, 0.05) is 10.6 Å². The molecule has 0 spiro atoms. The molecule has 0 radical (unpaired) electrons. The van der Waals surface area contributed by atoms with Crippen molar-refractivity contribution in [3.05, 3.63) is 20.2 Å². The van der Waals surface area contributed by atoms with Crippen LogP contribution < -0.4 is 4.87 Å². The first-order valence-electron chi connectivity index (χ1n) is 4.40. The van der Waals surface area contributed by atoms with Gasteiger partial charge in [-0.05, 0) is 13.8 Å². The zero-order valence-electron chi connectivity index (χ0n) is 8.63. The fourth-order valence-electron chi connectivity index (χ4n) is 1.20. The molecule has 0 saturated heterocycles. The lowest BCUT2D eigenvalue weighted by atomic mass is 10.1. The molecule has 0 saturated carbocycles. The molecule has 1 rings (SSSR count). The summed E-state index contributed by atoms with van der Waals surface area (Å²) >= 11 is 0.890. The summed E-state index contributed by atoms with van der Waals surface area (Å²) in [6, 6.07) is 1.17. The van der Waals surface area contributed by atoms with Gasteiger partial charge in [-0.25, -0.2) is 0 Å². The van der Waals surface area contributed by atoms with Gasteiger partial charge in [0.15, 0.2) is 5.92 Å². The van der Waals surface area contributed by atoms with Crippen molar-refractivity contribution in [2.24, 2.45) is 5.92 Å². The van der Waals surface area contributed by atoms with Crippen LogP contribution in [0.1, 0.15) is 10.6 Å². The molecule has 1 unspecified atom stereocenters. The molecule has 0 aliphatic heterocycles. The highest BCUT2D eigenvalue weighted by molar-refractivity contribution is 7.09. The van der Waals surface area contributed by atoms with Gasteiger partial charge in [-0.3, -0.25) is 4.79 Å². The van der Waals surface area contributed by atoms with Gasteiger partial charge in [0.1, 0.15) is 0 Å². The molecule has 0 amide bonds. The molecular formula is C9H9F3N2OS. The van der Waals surface area contributed by atoms with E-state index in [-0.39, 0.29) is 0 Å². The van der Waals surface area contributed by atoms with Crippen LogP contribution >= 0.6 is 11.3 Å². The summed E-state index contributed by atoms with van der Waals surface area (Å²) in [5, 5.41) is 8.43. The van der Waals surface area contributed by atoms with E-state index < -0.39 is 23.5 Å². The number of halogens is 3. The summed E-state index contributed by atoms with van der Waals surface area (Å²) in [5.41, 5.74) is 0.486. The fraction of sp³-hybridized carbons (Fsp3) is 0.556. The molecule has 0 fully saturated rings. The van der Waals surface area contributed by atoms with Gasteiger partial charge in [-0.1, -0.05) is 11.3 Å². The third kappa shape index (κ3) is 2.44. The Labute approximate surface area is 93.7 Å². The van der Waals surface area contributed by atoms with Crippen LogP contribution in [-0.4, -0.2) is 10.7 Å². The molecule has 1 aromatic rings. The van der Waals surface area contributed by atoms with Crippen LogP contribution in [0.4, 0.5) is 13.2 Å². The molecule has 0 aliphatic rings. The summed E-state index contributed by atoms with van der Waals surface area (Å²) in [7, 11) is 0. The van der Waals surface area contributed by atoms with Crippen molar-refractivity contribution < 1.29 is 13.2 Å². The minimum atomic E-state index is -4.60. The smallest absolute Gasteiger partial charge is 0.301 e. The van der Waals surface area contributed by atoms with Crippen molar-refractivity contribution in [2.75, 3.05) is 0 Å². The summed E-state index contributed by atoms with van der Waals surface area (Å²) in [6.07, 6.45) is -4.60. The Kier molecular flexibility index (Phi) is 3.43. The molecule has 3 nitrogen and oxygen atoms in total. The Morgan fingerprint density at radius 2 is 2.06 bits per heavy atom. The zero-order chi connectivity index (χ0) is 12.5. The van der Waals surface area contributed by atoms with E-state index in [1.807, 2.05) is 0 Å². The summed E-state index contributed by atoms with van der Waals surface area (Å²) in [4.78, 5) is 11.6. The van der Waals surface area contributed by atoms with Gasteiger partial charge < -0.3 is 4.57 Å². The van der Waals surface area contributed by atoms with Crippen molar-refractivity contribution in [3.8, 4) is 6.07 Å². The maximum atomic E-state index is 12.3. The molecular weight excluding hydrogens is 241 g/mol. The van der Waals surface area contributed by atoms with E-state index in [1.54, 1.807) is 13.8 Å². The van der Waals surface area contributed by atoms with Gasteiger partial charge in [0.2, 0.25) is 0 Å². The van der Waals surface area contributed by atoms with Crippen LogP contribution in [0, 0.1) is 31.1 Å². The average Bonchev–Trinajstić information content (AvgIpc) is 2.37. The Balaban J connectivity index is 3.06. The lowest BCUT2D eigenvalue weighted by Crippen LogP contribution is -2.29. The first kappa shape index (κ1) is 12.8. The SMILES string of the molecule is Cc1sc(=O)n(CC(C#N)C(F)(F)F)c1C. The zero-order valence-corrected chi connectivity index (χ0v) is 9.45. The van der Waals surface area contributed by atoms with Crippen molar-refractivity contribution in [2.45, 2.75) is 26.6 Å². The number of rotatable bonds is 2. The minimum Gasteiger partial charge on any atom is -0.301 e. The van der Waals surface area contributed by atoms with Gasteiger partial charge >= 0.3 is 11.0 Å². The largest absolute Gasteiger partial charge is 0.406 e. The minimum absolute atomic E-state index is 0.459. The number of thiazole rings is 1. The van der Waals surface area contributed by atoms with Crippen molar-refractivity contribution in [1.82, 2.24) is 4.57 Å². The third-order valence-electron chi connectivity index (χ3n) is 2.29. The molecule has 0 aliphatic carbocycles. The summed E-state index contributed by atoms with van der Waals surface area (Å²) in [5.74, 6) is -2.14. The number of aryl methyl sites for hydroxylation is 1. The predicted molar refractivity (Wildman–Crippen MR) is 53.2 cm³/mol. The van der Waals surface area contributed by atoms with E-state index in [4.69, 9.17) is 5.26 Å². The highest BCUT2D eigenvalue weighted by Gasteiger charge is 2.40. The molecule has 0 aromatic carbocycles. The van der Waals surface area contributed by atoms with E-state index in [0.29, 0.717) is 10.6 Å². The topological polar surface area (TPSA) is 45.8 Å². The average molecular weight is 250 g/mol. The molecule has 16 heavy (non-hydrogen) atoms. The Morgan fingerprint density at radius 1 is 1.50 bits per heavy atom. The Hall–Kier alpha value is -1.29. The lowest BCUT2D eigenvalue weighted by Gasteiger charge is -2.14. The lowest BCUT2D eigenvalue weighted by molar-refractivity contribution is -0.162. The van der Waals surface area contributed by atoms with E-state index in [2.05, 4.69) is 0 Å². The number of alkyl halides is 3. The molecule has 1 aromatic heterocycles. The van der Waals surface area contributed by atoms with E-state index >= 15 is 0 Å². The standard InChI is InChI=1S/C9H9F3N2OS/c1-5-6(2)16-8(15)14(5)4-7(3-13)9(10,11)12/h7H,4H2,1-2H3. The summed E-state index contributed by atoms with van der Waals surface area (Å²) < 4.78 is 38.0. The van der Waals surface area contributed by atoms with Crippen LogP contribution in [0.25, 0.3) is 0 Å². The first-order valence-corrected chi connectivity index (χ1v) is 5.22. The number of hydrogen-bond donors (Lipinski definition) is 0. The molecule has 1 heterocycles. The van der Waals surface area contributed by atoms with E-state index in [0.717, 1.165) is 15.9 Å². The van der Waals surface area contributed by atoms with Gasteiger partial charge in [0.05, 0.1) is 12.6 Å². The molecule has 0 N–H and O–H groups in total. The van der Waals surface area contributed by atoms with Crippen molar-refractivity contribution in [1.29, 1.82) is 5.26 Å². The second-order valence-corrected chi connectivity index (χ2v) is 4.51. The van der Waals surface area contributed by atoms with Crippen LogP contribution in [0.5, 0.6) is 0 Å². The number of aromatic nitrogens is 1. The maximum absolute atomic E-state index is 12.3. The van der Waals surface area contributed by atoms with Crippen molar-refractivity contribution in [3.63, 3.8) is 0 Å². The molecule has 88 valence electrons. The normalized spacial score (nSPS) is 13.5. The monoisotopic (exact) mass is 250 g/mol. The third-order valence-corrected chi connectivity index (χ3v) is 3.29. The summed E-state index contributed by atoms with van der Waals surface area (Å²) in [6.45, 7) is 2.60. The van der Waals surface area contributed by atoms with Gasteiger partial charge in [-0.15, -0.1) is 0 Å². The number of nitriles is 1. The number of nitrogens with zero attached hydrogens (tertiary/aromatic N) is 2. The highest BCUT2D eigenvalue weighted by Crippen LogP contribution is 2.27. The molecule has 1 atom stereocenters. The molecule has 7 heteroatoms. The van der Waals surface area contributed by atoms with Gasteiger partial charge in [-0.2, -0.15) is 18.4 Å². The van der Waals surface area contributed by atoms with Crippen molar-refractivity contribution >= 4 is 11.3 Å². The Morgan fingerprint density at radius 3 is 2.38 bits per heavy atom. The van der Waals surface area contributed by atoms with Gasteiger partial charge in [0.25, 0.3) is 0 Å². The second kappa shape index (κ2) is 4.29. The quantitative estimate of drug-likeness (QED) is 0.808. The fourth-order valence-corrected chi connectivity index (χ4v) is 2.04. The predicted octanol–water partition coefficient (Wildman–Crippen LogP) is 2.23. The molecule has 0 bridgehead atoms. The van der Waals surface area contributed by atoms with Crippen LogP contribution in [0.3, 0.4) is 0 Å². The second-order valence-electron chi connectivity index (χ2n) is 3.34. The van der Waals surface area contributed by atoms with Crippen LogP contribution in [0.15, 0.2) is 4.79 Å². The first-order chi connectivity index (χ1) is 7.27. The maximum Gasteiger partial charge on any atom is 0.406 e. The van der Waals surface area contributed by atoms with E-state index in [1.165, 1.54) is 6.07 Å². The van der Waals surface area contributed by atoms with E-state index in [9.17, 15) is 18.0 Å². The highest BCUT2D eigenvalue weighted by atomic mass is 32.1. The Bertz CT molecular complexity index is 480.